The summed E-state index contributed by atoms with van der Waals surface area (Å²) < 4.78 is 4.53. The molecule has 1 aliphatic rings. The second-order valence-electron chi connectivity index (χ2n) is 10.6. The molecule has 8 rings (SSSR count). The predicted molar refractivity (Wildman–Crippen MR) is 150 cm³/mol. The zero-order chi connectivity index (χ0) is 24.2. The highest BCUT2D eigenvalue weighted by Crippen LogP contribution is 2.50. The highest BCUT2D eigenvalue weighted by molar-refractivity contribution is 6.22. The van der Waals surface area contributed by atoms with E-state index >= 15 is 0 Å². The van der Waals surface area contributed by atoms with Gasteiger partial charge in [0.25, 0.3) is 0 Å². The minimum Gasteiger partial charge on any atom is -0.313 e. The van der Waals surface area contributed by atoms with Gasteiger partial charge in [-0.25, -0.2) is 4.98 Å². The summed E-state index contributed by atoms with van der Waals surface area (Å²) in [6.45, 7) is 4.71. The molecule has 2 heterocycles. The molecular weight excluding hydrogens is 438 g/mol. The van der Waals surface area contributed by atoms with Crippen molar-refractivity contribution < 1.29 is 0 Å². The van der Waals surface area contributed by atoms with Crippen LogP contribution in [-0.2, 0) is 12.5 Å². The SMILES string of the molecule is Cn1c(-n2c3ccccc3c3c4cc5c(cc4ccc32)-c2ccccc2C5(C)C)nc2ccccc21. The maximum atomic E-state index is 5.07. The van der Waals surface area contributed by atoms with Crippen LogP contribution in [0.25, 0.3) is 60.7 Å². The van der Waals surface area contributed by atoms with E-state index < -0.39 is 0 Å². The van der Waals surface area contributed by atoms with Crippen molar-refractivity contribution >= 4 is 43.6 Å². The molecule has 1 aliphatic carbocycles. The predicted octanol–water partition coefficient (Wildman–Crippen LogP) is 8.13. The third-order valence-corrected chi connectivity index (χ3v) is 8.32. The third-order valence-electron chi connectivity index (χ3n) is 8.32. The van der Waals surface area contributed by atoms with Crippen LogP contribution >= 0.6 is 0 Å². The van der Waals surface area contributed by atoms with Crippen molar-refractivity contribution in [2.75, 3.05) is 0 Å². The molecule has 5 aromatic carbocycles. The molecule has 172 valence electrons. The molecule has 0 atom stereocenters. The minimum absolute atomic E-state index is 0.0297. The van der Waals surface area contributed by atoms with Crippen molar-refractivity contribution in [1.82, 2.24) is 14.1 Å². The first-order valence-electron chi connectivity index (χ1n) is 12.6. The van der Waals surface area contributed by atoms with Gasteiger partial charge in [0.1, 0.15) is 0 Å². The lowest BCUT2D eigenvalue weighted by molar-refractivity contribution is 0.661. The summed E-state index contributed by atoms with van der Waals surface area (Å²) in [7, 11) is 2.11. The third kappa shape index (κ3) is 2.35. The van der Waals surface area contributed by atoms with Crippen LogP contribution in [0.1, 0.15) is 25.0 Å². The summed E-state index contributed by atoms with van der Waals surface area (Å²) in [6, 6.07) is 35.4. The zero-order valence-corrected chi connectivity index (χ0v) is 20.6. The highest BCUT2D eigenvalue weighted by atomic mass is 15.2. The minimum atomic E-state index is -0.0297. The highest BCUT2D eigenvalue weighted by Gasteiger charge is 2.35. The number of benzene rings is 5. The van der Waals surface area contributed by atoms with Gasteiger partial charge in [0.2, 0.25) is 5.95 Å². The summed E-state index contributed by atoms with van der Waals surface area (Å²) in [6.07, 6.45) is 0. The number of nitrogens with zero attached hydrogens (tertiary/aromatic N) is 3. The second kappa shape index (κ2) is 6.64. The summed E-state index contributed by atoms with van der Waals surface area (Å²) >= 11 is 0. The van der Waals surface area contributed by atoms with Crippen LogP contribution in [0.3, 0.4) is 0 Å². The quantitative estimate of drug-likeness (QED) is 0.241. The molecule has 0 saturated heterocycles. The van der Waals surface area contributed by atoms with Gasteiger partial charge < -0.3 is 4.57 Å². The number of aryl methyl sites for hydroxylation is 1. The van der Waals surface area contributed by atoms with Crippen molar-refractivity contribution in [3.8, 4) is 17.1 Å². The van der Waals surface area contributed by atoms with Gasteiger partial charge in [0.15, 0.2) is 0 Å². The van der Waals surface area contributed by atoms with Crippen LogP contribution in [0.4, 0.5) is 0 Å². The van der Waals surface area contributed by atoms with Crippen molar-refractivity contribution in [3.05, 3.63) is 108 Å². The Bertz CT molecular complexity index is 2030. The molecular formula is C33H25N3. The smallest absolute Gasteiger partial charge is 0.215 e. The normalized spacial score (nSPS) is 14.2. The lowest BCUT2D eigenvalue weighted by Gasteiger charge is -2.21. The van der Waals surface area contributed by atoms with Gasteiger partial charge in [0.05, 0.1) is 22.1 Å². The van der Waals surface area contributed by atoms with Gasteiger partial charge in [-0.05, 0) is 69.4 Å². The number of aromatic nitrogens is 3. The first kappa shape index (κ1) is 19.9. The van der Waals surface area contributed by atoms with Crippen LogP contribution in [0, 0.1) is 0 Å². The Labute approximate surface area is 209 Å². The lowest BCUT2D eigenvalue weighted by atomic mass is 9.81. The number of hydrogen-bond donors (Lipinski definition) is 0. The molecule has 0 radical (unpaired) electrons. The summed E-state index contributed by atoms with van der Waals surface area (Å²) in [4.78, 5) is 5.07. The molecule has 3 heteroatoms. The number of para-hydroxylation sites is 3. The van der Waals surface area contributed by atoms with E-state index in [1.807, 2.05) is 0 Å². The van der Waals surface area contributed by atoms with Crippen molar-refractivity contribution in [1.29, 1.82) is 0 Å². The Balaban J connectivity index is 1.52. The maximum absolute atomic E-state index is 5.07. The van der Waals surface area contributed by atoms with Crippen molar-refractivity contribution in [3.63, 3.8) is 0 Å². The molecule has 2 aromatic heterocycles. The van der Waals surface area contributed by atoms with Gasteiger partial charge in [-0.15, -0.1) is 0 Å². The van der Waals surface area contributed by atoms with E-state index in [0.29, 0.717) is 0 Å². The Hall–Kier alpha value is -4.37. The lowest BCUT2D eigenvalue weighted by Crippen LogP contribution is -2.14. The number of imidazole rings is 1. The van der Waals surface area contributed by atoms with Gasteiger partial charge >= 0.3 is 0 Å². The second-order valence-corrected chi connectivity index (χ2v) is 10.6. The van der Waals surface area contributed by atoms with Gasteiger partial charge in [0, 0.05) is 23.2 Å². The first-order chi connectivity index (χ1) is 17.5. The molecule has 0 aliphatic heterocycles. The monoisotopic (exact) mass is 463 g/mol. The molecule has 0 saturated carbocycles. The van der Waals surface area contributed by atoms with Crippen molar-refractivity contribution in [2.24, 2.45) is 7.05 Å². The molecule has 0 fully saturated rings. The van der Waals surface area contributed by atoms with E-state index in [0.717, 1.165) is 17.0 Å². The molecule has 36 heavy (non-hydrogen) atoms. The Morgan fingerprint density at radius 2 is 1.39 bits per heavy atom. The van der Waals surface area contributed by atoms with E-state index in [4.69, 9.17) is 4.98 Å². The summed E-state index contributed by atoms with van der Waals surface area (Å²) in [5.41, 5.74) is 10.0. The fourth-order valence-corrected chi connectivity index (χ4v) is 6.54. The number of fused-ring (bicyclic) bond motifs is 9. The first-order valence-corrected chi connectivity index (χ1v) is 12.6. The molecule has 0 amide bonds. The van der Waals surface area contributed by atoms with Gasteiger partial charge in [-0.2, -0.15) is 0 Å². The molecule has 3 nitrogen and oxygen atoms in total. The van der Waals surface area contributed by atoms with Crippen LogP contribution in [0.5, 0.6) is 0 Å². The average Bonchev–Trinajstić information content (AvgIpc) is 3.49. The largest absolute Gasteiger partial charge is 0.313 e. The van der Waals surface area contributed by atoms with E-state index in [2.05, 4.69) is 127 Å². The number of hydrogen-bond acceptors (Lipinski definition) is 1. The molecule has 0 N–H and O–H groups in total. The molecule has 0 spiro atoms. The van der Waals surface area contributed by atoms with Gasteiger partial charge in [-0.1, -0.05) is 74.5 Å². The topological polar surface area (TPSA) is 22.8 Å². The van der Waals surface area contributed by atoms with Gasteiger partial charge in [-0.3, -0.25) is 4.57 Å². The fourth-order valence-electron chi connectivity index (χ4n) is 6.54. The number of rotatable bonds is 1. The van der Waals surface area contributed by atoms with Crippen LogP contribution in [0.15, 0.2) is 97.1 Å². The molecule has 0 unspecified atom stereocenters. The summed E-state index contributed by atoms with van der Waals surface area (Å²) in [5.74, 6) is 0.940. The maximum Gasteiger partial charge on any atom is 0.215 e. The fraction of sp³-hybridized carbons (Fsp3) is 0.121. The standard InChI is InChI=1S/C33H25N3/c1-33(2)25-12-6-4-10-21(25)24-18-20-16-17-30-31(23(20)19-26(24)33)22-11-5-8-14-28(22)36(30)32-34-27-13-7-9-15-29(27)35(32)3/h4-19H,1-3H3. The summed E-state index contributed by atoms with van der Waals surface area (Å²) in [5, 5.41) is 5.14. The Kier molecular flexibility index (Phi) is 3.67. The molecule has 0 bridgehead atoms. The molecule has 7 aromatic rings. The Morgan fingerprint density at radius 1 is 0.639 bits per heavy atom. The van der Waals surface area contributed by atoms with Crippen LogP contribution in [-0.4, -0.2) is 14.1 Å². The average molecular weight is 464 g/mol. The van der Waals surface area contributed by atoms with E-state index in [1.54, 1.807) is 0 Å². The Morgan fingerprint density at radius 3 is 2.25 bits per heavy atom. The van der Waals surface area contributed by atoms with E-state index in [1.165, 1.54) is 54.8 Å². The van der Waals surface area contributed by atoms with E-state index in [9.17, 15) is 0 Å². The van der Waals surface area contributed by atoms with E-state index in [-0.39, 0.29) is 5.41 Å². The zero-order valence-electron chi connectivity index (χ0n) is 20.6. The van der Waals surface area contributed by atoms with Crippen LogP contribution < -0.4 is 0 Å². The van der Waals surface area contributed by atoms with Crippen LogP contribution in [0.2, 0.25) is 0 Å². The van der Waals surface area contributed by atoms with Crippen molar-refractivity contribution in [2.45, 2.75) is 19.3 Å².